The van der Waals surface area contributed by atoms with Gasteiger partial charge in [0, 0.05) is 43.0 Å². The molecule has 2 aromatic carbocycles. The Morgan fingerprint density at radius 3 is 2.59 bits per heavy atom. The lowest BCUT2D eigenvalue weighted by atomic mass is 10.1. The largest absolute Gasteiger partial charge is 0.508 e. The molecule has 0 radical (unpaired) electrons. The number of nitrogens with zero attached hydrogens (tertiary/aromatic N) is 1. The Morgan fingerprint density at radius 1 is 1.22 bits per heavy atom. The number of phenols is 1. The van der Waals surface area contributed by atoms with Gasteiger partial charge in [-0.15, -0.1) is 0 Å². The van der Waals surface area contributed by atoms with Crippen LogP contribution < -0.4 is 16.0 Å². The third kappa shape index (κ3) is 6.81. The van der Waals surface area contributed by atoms with Crippen LogP contribution in [0.3, 0.4) is 0 Å². The van der Waals surface area contributed by atoms with Crippen LogP contribution in [-0.2, 0) is 6.54 Å². The minimum absolute atomic E-state index is 0.0378. The van der Waals surface area contributed by atoms with Gasteiger partial charge in [-0.25, -0.2) is 0 Å². The Kier molecular flexibility index (Phi) is 7.47. The van der Waals surface area contributed by atoms with E-state index in [-0.39, 0.29) is 31.1 Å². The molecule has 0 aliphatic heterocycles. The van der Waals surface area contributed by atoms with E-state index in [9.17, 15) is 20.3 Å². The minimum Gasteiger partial charge on any atom is -0.508 e. The lowest BCUT2D eigenvalue weighted by Crippen LogP contribution is -2.39. The van der Waals surface area contributed by atoms with Gasteiger partial charge in [0.15, 0.2) is 5.11 Å². The Balaban J connectivity index is 1.72. The molecule has 0 heterocycles. The normalized spacial score (nSPS) is 11.6. The molecule has 2 rings (SSSR count). The molecule has 0 amide bonds. The molecular weight excluding hydrogens is 368 g/mol. The van der Waals surface area contributed by atoms with Gasteiger partial charge >= 0.3 is 0 Å². The second-order valence-corrected chi connectivity index (χ2v) is 6.46. The van der Waals surface area contributed by atoms with Crippen molar-refractivity contribution >= 4 is 28.7 Å². The number of nitrogens with one attached hydrogen (secondary N) is 3. The molecule has 8 nitrogen and oxygen atoms in total. The summed E-state index contributed by atoms with van der Waals surface area (Å²) in [6, 6.07) is 11.6. The zero-order valence-corrected chi connectivity index (χ0v) is 15.6. The van der Waals surface area contributed by atoms with Crippen molar-refractivity contribution in [2.24, 2.45) is 0 Å². The highest BCUT2D eigenvalue weighted by molar-refractivity contribution is 7.80. The van der Waals surface area contributed by atoms with E-state index in [1.165, 1.54) is 18.2 Å². The van der Waals surface area contributed by atoms with E-state index in [1.807, 2.05) is 31.2 Å². The average Bonchev–Trinajstić information content (AvgIpc) is 2.63. The lowest BCUT2D eigenvalue weighted by Gasteiger charge is -2.15. The maximum atomic E-state index is 10.8. The summed E-state index contributed by atoms with van der Waals surface area (Å²) in [5, 5.41) is 39.8. The molecule has 0 spiro atoms. The van der Waals surface area contributed by atoms with E-state index in [0.29, 0.717) is 10.7 Å². The number of anilines is 1. The van der Waals surface area contributed by atoms with Crippen LogP contribution in [-0.4, -0.2) is 39.4 Å². The van der Waals surface area contributed by atoms with Crippen LogP contribution in [0.4, 0.5) is 11.4 Å². The van der Waals surface area contributed by atoms with E-state index in [2.05, 4.69) is 16.0 Å². The first-order chi connectivity index (χ1) is 12.8. The van der Waals surface area contributed by atoms with E-state index < -0.39 is 11.0 Å². The highest BCUT2D eigenvalue weighted by Crippen LogP contribution is 2.22. The van der Waals surface area contributed by atoms with Gasteiger partial charge in [-0.3, -0.25) is 10.1 Å². The number of aliphatic hydroxyl groups excluding tert-OH is 1. The Bertz CT molecular complexity index is 798. The van der Waals surface area contributed by atoms with Crippen LogP contribution in [0.25, 0.3) is 0 Å². The Morgan fingerprint density at radius 2 is 1.93 bits per heavy atom. The van der Waals surface area contributed by atoms with Crippen LogP contribution in [0, 0.1) is 17.0 Å². The predicted molar refractivity (Wildman–Crippen MR) is 108 cm³/mol. The molecule has 5 N–H and O–H groups in total. The smallest absolute Gasteiger partial charge is 0.270 e. The zero-order chi connectivity index (χ0) is 19.8. The number of nitro groups is 1. The van der Waals surface area contributed by atoms with E-state index in [4.69, 9.17) is 12.2 Å². The molecule has 27 heavy (non-hydrogen) atoms. The molecule has 0 saturated carbocycles. The van der Waals surface area contributed by atoms with Gasteiger partial charge < -0.3 is 26.2 Å². The summed E-state index contributed by atoms with van der Waals surface area (Å²) in [6.45, 7) is 2.64. The summed E-state index contributed by atoms with van der Waals surface area (Å²) >= 11 is 5.18. The van der Waals surface area contributed by atoms with Gasteiger partial charge in [0.2, 0.25) is 0 Å². The van der Waals surface area contributed by atoms with Gasteiger partial charge in [-0.05, 0) is 37.3 Å². The number of aromatic hydroxyl groups is 1. The summed E-state index contributed by atoms with van der Waals surface area (Å²) in [5.41, 5.74) is 2.29. The zero-order valence-electron chi connectivity index (χ0n) is 14.8. The van der Waals surface area contributed by atoms with Crippen molar-refractivity contribution in [3.05, 3.63) is 63.7 Å². The number of hydrogen-bond acceptors (Lipinski definition) is 6. The predicted octanol–water partition coefficient (Wildman–Crippen LogP) is 2.05. The number of hydrogen-bond donors (Lipinski definition) is 5. The molecule has 0 bridgehead atoms. The fraction of sp³-hybridized carbons (Fsp3) is 0.278. The Hall–Kier alpha value is -2.75. The average molecular weight is 390 g/mol. The quantitative estimate of drug-likeness (QED) is 0.264. The fourth-order valence-corrected chi connectivity index (χ4v) is 2.50. The molecule has 0 aliphatic carbocycles. The maximum Gasteiger partial charge on any atom is 0.270 e. The summed E-state index contributed by atoms with van der Waals surface area (Å²) in [6.07, 6.45) is -0.733. The second kappa shape index (κ2) is 9.81. The molecule has 1 atom stereocenters. The lowest BCUT2D eigenvalue weighted by molar-refractivity contribution is -0.384. The van der Waals surface area contributed by atoms with Gasteiger partial charge in [0.1, 0.15) is 5.75 Å². The van der Waals surface area contributed by atoms with Gasteiger partial charge in [-0.2, -0.15) is 0 Å². The highest BCUT2D eigenvalue weighted by atomic mass is 32.1. The van der Waals surface area contributed by atoms with Crippen molar-refractivity contribution in [2.45, 2.75) is 19.6 Å². The second-order valence-electron chi connectivity index (χ2n) is 6.06. The monoisotopic (exact) mass is 390 g/mol. The third-order valence-corrected chi connectivity index (χ3v) is 4.02. The fourth-order valence-electron chi connectivity index (χ4n) is 2.30. The van der Waals surface area contributed by atoms with E-state index in [1.54, 1.807) is 0 Å². The molecule has 9 heteroatoms. The first-order valence-corrected chi connectivity index (χ1v) is 8.72. The molecule has 0 aromatic heterocycles. The van der Waals surface area contributed by atoms with Crippen LogP contribution in [0.2, 0.25) is 0 Å². The molecule has 0 aliphatic rings. The summed E-state index contributed by atoms with van der Waals surface area (Å²) < 4.78 is 0. The number of phenolic OH excluding ortho intramolecular Hbond substituents is 1. The van der Waals surface area contributed by atoms with Gasteiger partial charge in [-0.1, -0.05) is 17.7 Å². The topological polar surface area (TPSA) is 120 Å². The standard InChI is InChI=1S/C18H22N4O4S/c1-12-2-4-14(5-3-12)21-18(27)20-11-16(23)10-19-9-13-8-15(22(25)26)6-7-17(13)24/h2-8,16,19,23-24H,9-11H2,1H3,(H2,20,21,27). The van der Waals surface area contributed by atoms with Crippen LogP contribution >= 0.6 is 12.2 Å². The number of nitro benzene ring substituents is 1. The number of non-ortho nitro benzene ring substituents is 1. The van der Waals surface area contributed by atoms with Crippen molar-refractivity contribution in [2.75, 3.05) is 18.4 Å². The number of aliphatic hydroxyl groups is 1. The summed E-state index contributed by atoms with van der Waals surface area (Å²) in [4.78, 5) is 10.3. The molecule has 1 unspecified atom stereocenters. The SMILES string of the molecule is Cc1ccc(NC(=S)NCC(O)CNCc2cc([N+](=O)[O-])ccc2O)cc1. The van der Waals surface area contributed by atoms with Crippen molar-refractivity contribution in [3.63, 3.8) is 0 Å². The minimum atomic E-state index is -0.733. The van der Waals surface area contributed by atoms with Crippen molar-refractivity contribution in [3.8, 4) is 5.75 Å². The van der Waals surface area contributed by atoms with Crippen LogP contribution in [0.5, 0.6) is 5.75 Å². The molecule has 0 saturated heterocycles. The number of rotatable bonds is 8. The number of thiocarbonyl (C=S) groups is 1. The molecule has 144 valence electrons. The van der Waals surface area contributed by atoms with Crippen molar-refractivity contribution < 1.29 is 15.1 Å². The van der Waals surface area contributed by atoms with E-state index >= 15 is 0 Å². The van der Waals surface area contributed by atoms with Crippen LogP contribution in [0.15, 0.2) is 42.5 Å². The molecule has 2 aromatic rings. The first kappa shape index (κ1) is 20.6. The number of aryl methyl sites for hydroxylation is 1. The van der Waals surface area contributed by atoms with Crippen molar-refractivity contribution in [1.29, 1.82) is 0 Å². The summed E-state index contributed by atoms with van der Waals surface area (Å²) in [7, 11) is 0. The molecule has 0 fully saturated rings. The number of benzene rings is 2. The first-order valence-electron chi connectivity index (χ1n) is 8.31. The third-order valence-electron chi connectivity index (χ3n) is 3.78. The van der Waals surface area contributed by atoms with Crippen molar-refractivity contribution in [1.82, 2.24) is 10.6 Å². The van der Waals surface area contributed by atoms with Gasteiger partial charge in [0.05, 0.1) is 11.0 Å². The Labute approximate surface area is 162 Å². The highest BCUT2D eigenvalue weighted by Gasteiger charge is 2.11. The van der Waals surface area contributed by atoms with Crippen LogP contribution in [0.1, 0.15) is 11.1 Å². The van der Waals surface area contributed by atoms with E-state index in [0.717, 1.165) is 11.3 Å². The summed E-state index contributed by atoms with van der Waals surface area (Å²) in [5.74, 6) is -0.0378. The van der Waals surface area contributed by atoms with Gasteiger partial charge in [0.25, 0.3) is 5.69 Å². The molecular formula is C18H22N4O4S. The maximum absolute atomic E-state index is 10.8.